The third-order valence-electron chi connectivity index (χ3n) is 4.00. The van der Waals surface area contributed by atoms with Crippen LogP contribution in [-0.4, -0.2) is 14.3 Å². The third kappa shape index (κ3) is 2.47. The second-order valence-electron chi connectivity index (χ2n) is 5.28. The monoisotopic (exact) mass is 282 g/mol. The van der Waals surface area contributed by atoms with E-state index in [4.69, 9.17) is 5.73 Å². The van der Waals surface area contributed by atoms with Gasteiger partial charge in [0.15, 0.2) is 0 Å². The molecule has 110 valence electrons. The normalized spacial score (nSPS) is 11.4. The first-order chi connectivity index (χ1) is 10.3. The summed E-state index contributed by atoms with van der Waals surface area (Å²) in [7, 11) is 0. The number of aryl methyl sites for hydroxylation is 2. The molecule has 1 aromatic carbocycles. The highest BCUT2D eigenvalue weighted by molar-refractivity contribution is 5.81. The molecule has 3 aromatic rings. The molecule has 0 amide bonds. The first-order valence-corrected chi connectivity index (χ1v) is 7.59. The Kier molecular flexibility index (Phi) is 3.80. The van der Waals surface area contributed by atoms with Crippen LogP contribution in [-0.2, 0) is 26.1 Å². The zero-order valence-electron chi connectivity index (χ0n) is 12.7. The second kappa shape index (κ2) is 5.74. The molecule has 0 aliphatic heterocycles. The molecule has 21 heavy (non-hydrogen) atoms. The maximum absolute atomic E-state index is 5.93. The molecule has 0 aliphatic carbocycles. The Hall–Kier alpha value is -2.07. The van der Waals surface area contributed by atoms with Crippen molar-refractivity contribution in [3.63, 3.8) is 0 Å². The minimum absolute atomic E-state index is 0.551. The summed E-state index contributed by atoms with van der Waals surface area (Å²) in [5.41, 5.74) is 10.7. The molecule has 3 rings (SSSR count). The van der Waals surface area contributed by atoms with Gasteiger partial charge in [-0.1, -0.05) is 25.1 Å². The Morgan fingerprint density at radius 2 is 1.90 bits per heavy atom. The van der Waals surface area contributed by atoms with Gasteiger partial charge < -0.3 is 10.3 Å². The number of benzene rings is 1. The number of nitrogens with zero attached hydrogens (tertiary/aromatic N) is 3. The Bertz CT molecular complexity index is 751. The standard InChI is InChI=1S/C17H22N4/c1-3-14-10-16(21(4-2)19-14)12-20-15(11-18)9-13-7-5-6-8-17(13)20/h5-10H,3-4,11-12,18H2,1-2H3. The molecule has 2 N–H and O–H groups in total. The minimum Gasteiger partial charge on any atom is -0.337 e. The van der Waals surface area contributed by atoms with E-state index in [1.807, 2.05) is 0 Å². The van der Waals surface area contributed by atoms with Crippen molar-refractivity contribution in [1.82, 2.24) is 14.3 Å². The van der Waals surface area contributed by atoms with Crippen LogP contribution in [0.4, 0.5) is 0 Å². The summed E-state index contributed by atoms with van der Waals surface area (Å²) < 4.78 is 4.39. The van der Waals surface area contributed by atoms with E-state index in [1.54, 1.807) is 0 Å². The van der Waals surface area contributed by atoms with Crippen LogP contribution in [0.1, 0.15) is 30.9 Å². The topological polar surface area (TPSA) is 48.8 Å². The van der Waals surface area contributed by atoms with Crippen molar-refractivity contribution in [2.75, 3.05) is 0 Å². The lowest BCUT2D eigenvalue weighted by molar-refractivity contribution is 0.594. The van der Waals surface area contributed by atoms with Gasteiger partial charge in [0.1, 0.15) is 0 Å². The van der Waals surface area contributed by atoms with Crippen molar-refractivity contribution < 1.29 is 0 Å². The van der Waals surface area contributed by atoms with Gasteiger partial charge in [-0.15, -0.1) is 0 Å². The SMILES string of the molecule is CCc1cc(Cn2c(CN)cc3ccccc32)n(CC)n1. The van der Waals surface area contributed by atoms with E-state index in [0.717, 1.165) is 30.9 Å². The molecule has 4 nitrogen and oxygen atoms in total. The van der Waals surface area contributed by atoms with Gasteiger partial charge in [-0.2, -0.15) is 5.10 Å². The predicted molar refractivity (Wildman–Crippen MR) is 86.2 cm³/mol. The van der Waals surface area contributed by atoms with E-state index in [9.17, 15) is 0 Å². The van der Waals surface area contributed by atoms with Gasteiger partial charge in [0.25, 0.3) is 0 Å². The van der Waals surface area contributed by atoms with E-state index >= 15 is 0 Å². The molecule has 0 bridgehead atoms. The predicted octanol–water partition coefficient (Wildman–Crippen LogP) is 2.93. The highest BCUT2D eigenvalue weighted by Gasteiger charge is 2.11. The molecule has 0 radical (unpaired) electrons. The Morgan fingerprint density at radius 3 is 2.62 bits per heavy atom. The van der Waals surface area contributed by atoms with Gasteiger partial charge in [0, 0.05) is 24.3 Å². The van der Waals surface area contributed by atoms with E-state index in [0.29, 0.717) is 6.54 Å². The molecule has 0 spiro atoms. The van der Waals surface area contributed by atoms with Crippen LogP contribution < -0.4 is 5.73 Å². The molecule has 0 atom stereocenters. The molecule has 4 heteroatoms. The molecule has 0 unspecified atom stereocenters. The quantitative estimate of drug-likeness (QED) is 0.782. The Labute approximate surface area is 125 Å². The average Bonchev–Trinajstić information content (AvgIpc) is 3.09. The number of rotatable bonds is 5. The van der Waals surface area contributed by atoms with Gasteiger partial charge in [-0.3, -0.25) is 4.68 Å². The highest BCUT2D eigenvalue weighted by atomic mass is 15.3. The number of aromatic nitrogens is 3. The Morgan fingerprint density at radius 1 is 1.10 bits per heavy atom. The summed E-state index contributed by atoms with van der Waals surface area (Å²) in [4.78, 5) is 0. The summed E-state index contributed by atoms with van der Waals surface area (Å²) in [5.74, 6) is 0. The van der Waals surface area contributed by atoms with Crippen molar-refractivity contribution in [3.05, 3.63) is 53.5 Å². The summed E-state index contributed by atoms with van der Waals surface area (Å²) in [6.07, 6.45) is 0.968. The molecule has 2 aromatic heterocycles. The van der Waals surface area contributed by atoms with Gasteiger partial charge >= 0.3 is 0 Å². The molecule has 0 aliphatic rings. The molecular formula is C17H22N4. The molecule has 2 heterocycles. The minimum atomic E-state index is 0.551. The summed E-state index contributed by atoms with van der Waals surface area (Å²) in [6.45, 7) is 6.54. The van der Waals surface area contributed by atoms with Gasteiger partial charge in [0.05, 0.1) is 17.9 Å². The summed E-state index contributed by atoms with van der Waals surface area (Å²) >= 11 is 0. The fourth-order valence-electron chi connectivity index (χ4n) is 2.87. The van der Waals surface area contributed by atoms with E-state index in [1.165, 1.54) is 16.6 Å². The van der Waals surface area contributed by atoms with Crippen LogP contribution in [0, 0.1) is 0 Å². The maximum Gasteiger partial charge on any atom is 0.0648 e. The van der Waals surface area contributed by atoms with Gasteiger partial charge in [-0.25, -0.2) is 0 Å². The molecule has 0 saturated carbocycles. The van der Waals surface area contributed by atoms with Crippen LogP contribution in [0.3, 0.4) is 0 Å². The van der Waals surface area contributed by atoms with Crippen molar-refractivity contribution >= 4 is 10.9 Å². The first kappa shape index (κ1) is 13.9. The molecule has 0 saturated heterocycles. The van der Waals surface area contributed by atoms with E-state index < -0.39 is 0 Å². The van der Waals surface area contributed by atoms with Crippen LogP contribution >= 0.6 is 0 Å². The lowest BCUT2D eigenvalue weighted by Crippen LogP contribution is -2.12. The molecular weight excluding hydrogens is 260 g/mol. The van der Waals surface area contributed by atoms with Crippen LogP contribution in [0.2, 0.25) is 0 Å². The summed E-state index contributed by atoms with van der Waals surface area (Å²) in [6, 6.07) is 12.8. The average molecular weight is 282 g/mol. The van der Waals surface area contributed by atoms with Crippen molar-refractivity contribution in [2.24, 2.45) is 5.73 Å². The second-order valence-corrected chi connectivity index (χ2v) is 5.28. The van der Waals surface area contributed by atoms with Crippen LogP contribution in [0.15, 0.2) is 36.4 Å². The van der Waals surface area contributed by atoms with Crippen LogP contribution in [0.5, 0.6) is 0 Å². The number of para-hydroxylation sites is 1. The lowest BCUT2D eigenvalue weighted by atomic mass is 10.2. The fourth-order valence-corrected chi connectivity index (χ4v) is 2.87. The number of hydrogen-bond donors (Lipinski definition) is 1. The smallest absolute Gasteiger partial charge is 0.0648 e. The Balaban J connectivity index is 2.07. The van der Waals surface area contributed by atoms with Gasteiger partial charge in [0.2, 0.25) is 0 Å². The first-order valence-electron chi connectivity index (χ1n) is 7.59. The zero-order chi connectivity index (χ0) is 14.8. The third-order valence-corrected chi connectivity index (χ3v) is 4.00. The van der Waals surface area contributed by atoms with E-state index in [-0.39, 0.29) is 0 Å². The van der Waals surface area contributed by atoms with Crippen molar-refractivity contribution in [1.29, 1.82) is 0 Å². The maximum atomic E-state index is 5.93. The van der Waals surface area contributed by atoms with Gasteiger partial charge in [-0.05, 0) is 36.9 Å². The zero-order valence-corrected chi connectivity index (χ0v) is 12.7. The van der Waals surface area contributed by atoms with Crippen molar-refractivity contribution in [3.8, 4) is 0 Å². The lowest BCUT2D eigenvalue weighted by Gasteiger charge is -2.11. The van der Waals surface area contributed by atoms with E-state index in [2.05, 4.69) is 64.6 Å². The molecule has 0 fully saturated rings. The largest absolute Gasteiger partial charge is 0.337 e. The number of fused-ring (bicyclic) bond motifs is 1. The summed E-state index contributed by atoms with van der Waals surface area (Å²) in [5, 5.41) is 5.88. The van der Waals surface area contributed by atoms with Crippen molar-refractivity contribution in [2.45, 2.75) is 39.9 Å². The highest BCUT2D eigenvalue weighted by Crippen LogP contribution is 2.21. The fraction of sp³-hybridized carbons (Fsp3) is 0.353. The number of nitrogens with two attached hydrogens (primary N) is 1. The number of hydrogen-bond acceptors (Lipinski definition) is 2. The van der Waals surface area contributed by atoms with Crippen LogP contribution in [0.25, 0.3) is 10.9 Å².